The molecule has 0 radical (unpaired) electrons. The van der Waals surface area contributed by atoms with Crippen LogP contribution in [-0.2, 0) is 19.1 Å². The van der Waals surface area contributed by atoms with E-state index in [2.05, 4.69) is 10.6 Å². The first-order chi connectivity index (χ1) is 20.1. The molecular weight excluding hydrogens is 566 g/mol. The Bertz CT molecular complexity index is 1170. The molecule has 0 aromatic heterocycles. The van der Waals surface area contributed by atoms with E-state index in [1.165, 1.54) is 6.92 Å². The maximum Gasteiger partial charge on any atom is 0.364 e. The zero-order valence-electron chi connectivity index (χ0n) is 23.3. The number of carbonyl (C=O) groups is 3. The average molecular weight is 606 g/mol. The average Bonchev–Trinajstić information content (AvgIpc) is 2.98. The third-order valence-corrected chi connectivity index (χ3v) is 7.86. The maximum atomic E-state index is 12.7. The fourth-order valence-corrected chi connectivity index (χ4v) is 5.31. The number of aliphatic hydroxyl groups is 3. The Balaban J connectivity index is 1.67. The molecule has 2 amide bonds. The molecule has 3 rings (SSSR count). The van der Waals surface area contributed by atoms with Gasteiger partial charge in [-0.1, -0.05) is 42.5 Å². The van der Waals surface area contributed by atoms with E-state index in [9.17, 15) is 34.8 Å². The molecule has 1 heterocycles. The largest absolute Gasteiger partial charge is 0.477 e. The third-order valence-electron chi connectivity index (χ3n) is 6.76. The highest BCUT2D eigenvalue weighted by molar-refractivity contribution is 7.99. The van der Waals surface area contributed by atoms with E-state index < -0.39 is 67.0 Å². The molecule has 13 heteroatoms. The first-order valence-corrected chi connectivity index (χ1v) is 14.8. The summed E-state index contributed by atoms with van der Waals surface area (Å²) in [4.78, 5) is 36.8. The highest BCUT2D eigenvalue weighted by Gasteiger charge is 2.55. The minimum Gasteiger partial charge on any atom is -0.477 e. The summed E-state index contributed by atoms with van der Waals surface area (Å²) in [5, 5.41) is 47.6. The van der Waals surface area contributed by atoms with Crippen molar-refractivity contribution in [2.45, 2.75) is 56.0 Å². The molecule has 0 bridgehead atoms. The van der Waals surface area contributed by atoms with Crippen molar-refractivity contribution >= 4 is 29.5 Å². The van der Waals surface area contributed by atoms with E-state index in [-0.39, 0.29) is 6.61 Å². The predicted octanol–water partition coefficient (Wildman–Crippen LogP) is 0.339. The molecule has 6 atom stereocenters. The van der Waals surface area contributed by atoms with Crippen LogP contribution in [0.1, 0.15) is 30.1 Å². The number of thioether (sulfide) groups is 1. The zero-order chi connectivity index (χ0) is 30.7. The number of carbonyl (C=O) groups excluding carboxylic acids is 2. The molecule has 0 unspecified atom stereocenters. The van der Waals surface area contributed by atoms with E-state index in [0.717, 1.165) is 16.9 Å². The Kier molecular flexibility index (Phi) is 12.7. The van der Waals surface area contributed by atoms with Gasteiger partial charge in [-0.15, -0.1) is 0 Å². The van der Waals surface area contributed by atoms with Crippen LogP contribution >= 0.6 is 11.8 Å². The van der Waals surface area contributed by atoms with Crippen molar-refractivity contribution in [3.63, 3.8) is 0 Å². The van der Waals surface area contributed by atoms with Crippen LogP contribution in [0, 0.1) is 0 Å². The van der Waals surface area contributed by atoms with E-state index in [0.29, 0.717) is 24.3 Å². The number of nitrogens with one attached hydrogen (secondary N) is 2. The number of hydrogen-bond acceptors (Lipinski definition) is 10. The van der Waals surface area contributed by atoms with Crippen LogP contribution in [0.2, 0.25) is 0 Å². The fourth-order valence-electron chi connectivity index (χ4n) is 4.62. The van der Waals surface area contributed by atoms with Crippen LogP contribution in [0.4, 0.5) is 0 Å². The van der Waals surface area contributed by atoms with Gasteiger partial charge in [-0.25, -0.2) is 4.79 Å². The second-order valence-corrected chi connectivity index (χ2v) is 11.2. The number of carboxylic acids is 1. The van der Waals surface area contributed by atoms with Crippen LogP contribution in [0.15, 0.2) is 54.6 Å². The van der Waals surface area contributed by atoms with Gasteiger partial charge in [-0.3, -0.25) is 9.59 Å². The van der Waals surface area contributed by atoms with Crippen LogP contribution < -0.4 is 16.4 Å². The molecule has 230 valence electrons. The minimum absolute atomic E-state index is 0.0219. The smallest absolute Gasteiger partial charge is 0.364 e. The Labute approximate surface area is 248 Å². The van der Waals surface area contributed by atoms with Crippen molar-refractivity contribution in [2.75, 3.05) is 31.2 Å². The van der Waals surface area contributed by atoms with Crippen LogP contribution in [0.3, 0.4) is 0 Å². The number of ether oxygens (including phenoxy) is 2. The minimum atomic E-state index is -2.33. The van der Waals surface area contributed by atoms with Gasteiger partial charge in [0.1, 0.15) is 12.2 Å². The number of nitrogens with two attached hydrogens (primary N) is 1. The monoisotopic (exact) mass is 605 g/mol. The maximum absolute atomic E-state index is 12.7. The number of hydrogen-bond donors (Lipinski definition) is 7. The second kappa shape index (κ2) is 16.0. The van der Waals surface area contributed by atoms with E-state index in [1.54, 1.807) is 36.0 Å². The summed E-state index contributed by atoms with van der Waals surface area (Å²) in [6.45, 7) is 1.24. The predicted molar refractivity (Wildman–Crippen MR) is 157 cm³/mol. The van der Waals surface area contributed by atoms with Crippen LogP contribution in [0.5, 0.6) is 0 Å². The van der Waals surface area contributed by atoms with Gasteiger partial charge in [0, 0.05) is 37.8 Å². The number of benzene rings is 2. The van der Waals surface area contributed by atoms with Gasteiger partial charge >= 0.3 is 5.97 Å². The Morgan fingerprint density at radius 1 is 1.10 bits per heavy atom. The van der Waals surface area contributed by atoms with Crippen molar-refractivity contribution in [1.29, 1.82) is 0 Å². The molecule has 42 heavy (non-hydrogen) atoms. The summed E-state index contributed by atoms with van der Waals surface area (Å²) in [7, 11) is 0. The van der Waals surface area contributed by atoms with Crippen molar-refractivity contribution in [3.05, 3.63) is 60.2 Å². The van der Waals surface area contributed by atoms with Gasteiger partial charge < -0.3 is 46.3 Å². The highest BCUT2D eigenvalue weighted by atomic mass is 32.2. The van der Waals surface area contributed by atoms with Gasteiger partial charge in [-0.05, 0) is 35.4 Å². The quantitative estimate of drug-likeness (QED) is 0.138. The van der Waals surface area contributed by atoms with Crippen LogP contribution in [0.25, 0.3) is 11.1 Å². The standard InChI is InChI=1S/C29H39N3O9S/c1-18(33)32-24-22(34)16-29(28(38)39,40-13-5-14-42-15-12-30)41-26(24)25(36)23(35)17-31-27(37)21-10-8-20(9-11-21)19-6-3-2-4-7-19/h2-4,6-11,22-26,34-36H,5,12-17,30H2,1H3,(H,31,37)(H,32,33)(H,38,39)/t22-,23+,24+,25+,26+,29+/m0/s1. The summed E-state index contributed by atoms with van der Waals surface area (Å²) in [5.74, 6) is -3.55. The SMILES string of the molecule is CC(=O)N[C@H]1[C@H]([C@H](O)[C@H](O)CNC(=O)c2ccc(-c3ccccc3)cc2)O[C@@](OCCCSCCN)(C(=O)O)C[C@@H]1O. The van der Waals surface area contributed by atoms with Gasteiger partial charge in [0.05, 0.1) is 24.9 Å². The topological polar surface area (TPSA) is 201 Å². The Hall–Kier alpha value is -3.04. The summed E-state index contributed by atoms with van der Waals surface area (Å²) in [6.07, 6.45) is -6.60. The van der Waals surface area contributed by atoms with Crippen molar-refractivity contribution < 1.29 is 44.3 Å². The molecule has 1 aliphatic rings. The Morgan fingerprint density at radius 3 is 2.38 bits per heavy atom. The second-order valence-electron chi connectivity index (χ2n) is 9.95. The van der Waals surface area contributed by atoms with Gasteiger partial charge in [-0.2, -0.15) is 11.8 Å². The molecule has 12 nitrogen and oxygen atoms in total. The normalized spacial score (nSPS) is 23.5. The zero-order valence-corrected chi connectivity index (χ0v) is 24.2. The lowest BCUT2D eigenvalue weighted by atomic mass is 9.88. The summed E-state index contributed by atoms with van der Waals surface area (Å²) < 4.78 is 11.3. The summed E-state index contributed by atoms with van der Waals surface area (Å²) in [6, 6.07) is 15.2. The first kappa shape index (κ1) is 33.5. The molecule has 0 spiro atoms. The fraction of sp³-hybridized carbons (Fsp3) is 0.483. The van der Waals surface area contributed by atoms with E-state index in [1.807, 2.05) is 30.3 Å². The third kappa shape index (κ3) is 8.98. The summed E-state index contributed by atoms with van der Waals surface area (Å²) >= 11 is 1.57. The molecule has 2 aromatic rings. The van der Waals surface area contributed by atoms with Gasteiger partial charge in [0.15, 0.2) is 0 Å². The van der Waals surface area contributed by atoms with Crippen molar-refractivity contribution in [1.82, 2.24) is 10.6 Å². The summed E-state index contributed by atoms with van der Waals surface area (Å²) in [5.41, 5.74) is 7.69. The Morgan fingerprint density at radius 2 is 1.76 bits per heavy atom. The number of rotatable bonds is 15. The van der Waals surface area contributed by atoms with E-state index >= 15 is 0 Å². The number of amides is 2. The molecule has 1 fully saturated rings. The lowest BCUT2D eigenvalue weighted by Gasteiger charge is -2.46. The molecule has 1 saturated heterocycles. The van der Waals surface area contributed by atoms with Gasteiger partial charge in [0.25, 0.3) is 11.7 Å². The molecule has 8 N–H and O–H groups in total. The van der Waals surface area contributed by atoms with E-state index in [4.69, 9.17) is 15.2 Å². The molecule has 2 aromatic carbocycles. The number of carboxylic acid groups (broad SMARTS) is 1. The first-order valence-electron chi connectivity index (χ1n) is 13.7. The van der Waals surface area contributed by atoms with Crippen molar-refractivity contribution in [3.8, 4) is 11.1 Å². The van der Waals surface area contributed by atoms with Gasteiger partial charge in [0.2, 0.25) is 5.91 Å². The van der Waals surface area contributed by atoms with Crippen molar-refractivity contribution in [2.24, 2.45) is 5.73 Å². The molecule has 0 aliphatic carbocycles. The highest BCUT2D eigenvalue weighted by Crippen LogP contribution is 2.34. The molecular formula is C29H39N3O9S. The lowest BCUT2D eigenvalue weighted by molar-refractivity contribution is -0.310. The molecule has 1 aliphatic heterocycles. The molecule has 0 saturated carbocycles. The number of aliphatic carboxylic acids is 1. The lowest BCUT2D eigenvalue weighted by Crippen LogP contribution is -2.68. The number of aliphatic hydroxyl groups excluding tert-OH is 3. The van der Waals surface area contributed by atoms with Crippen LogP contribution in [-0.4, -0.2) is 106 Å².